The Balaban J connectivity index is 0.00000320. The van der Waals surface area contributed by atoms with Gasteiger partial charge in [0.25, 0.3) is 0 Å². The van der Waals surface area contributed by atoms with Crippen LogP contribution in [0.15, 0.2) is 70.3 Å². The summed E-state index contributed by atoms with van der Waals surface area (Å²) in [6.07, 6.45) is 2.38. The molecule has 1 aromatic heterocycles. The molecule has 0 fully saturated rings. The second-order valence-electron chi connectivity index (χ2n) is 6.42. The summed E-state index contributed by atoms with van der Waals surface area (Å²) in [5.41, 5.74) is 0. The first kappa shape index (κ1) is 23.5. The highest BCUT2D eigenvalue weighted by atomic mass is 127. The number of halogens is 1. The molecule has 7 nitrogen and oxygen atoms in total. The maximum absolute atomic E-state index is 11.9. The van der Waals surface area contributed by atoms with E-state index in [1.807, 2.05) is 30.3 Å². The van der Waals surface area contributed by atoms with E-state index in [0.717, 1.165) is 17.6 Å². The number of nitrogens with zero attached hydrogens (tertiary/aromatic N) is 1. The molecule has 0 saturated heterocycles. The number of fused-ring (bicyclic) bond motifs is 1. The van der Waals surface area contributed by atoms with Gasteiger partial charge >= 0.3 is 0 Å². The van der Waals surface area contributed by atoms with Gasteiger partial charge < -0.3 is 25.1 Å². The molecule has 8 heteroatoms. The van der Waals surface area contributed by atoms with Gasteiger partial charge in [0.05, 0.1) is 26.0 Å². The number of furan rings is 1. The van der Waals surface area contributed by atoms with Crippen molar-refractivity contribution in [2.45, 2.75) is 13.0 Å². The fourth-order valence-electron chi connectivity index (χ4n) is 2.77. The molecular formula is C22H27IN4O3. The zero-order chi connectivity index (χ0) is 20.3. The van der Waals surface area contributed by atoms with Gasteiger partial charge in [-0.1, -0.05) is 30.3 Å². The molecule has 0 aliphatic carbocycles. The lowest BCUT2D eigenvalue weighted by molar-refractivity contribution is -0.120. The highest BCUT2D eigenvalue weighted by Crippen LogP contribution is 2.20. The number of carbonyl (C=O) groups is 1. The smallest absolute Gasteiger partial charge is 0.239 e. The first-order valence-corrected chi connectivity index (χ1v) is 9.60. The lowest BCUT2D eigenvalue weighted by atomic mass is 10.1. The Morgan fingerprint density at radius 3 is 2.63 bits per heavy atom. The Morgan fingerprint density at radius 1 is 1.03 bits per heavy atom. The predicted octanol–water partition coefficient (Wildman–Crippen LogP) is 3.30. The van der Waals surface area contributed by atoms with Crippen LogP contribution in [0.1, 0.15) is 12.2 Å². The van der Waals surface area contributed by atoms with Crippen molar-refractivity contribution in [1.82, 2.24) is 16.0 Å². The molecule has 30 heavy (non-hydrogen) atoms. The van der Waals surface area contributed by atoms with Gasteiger partial charge in [0.2, 0.25) is 5.91 Å². The Morgan fingerprint density at radius 2 is 1.87 bits per heavy atom. The average Bonchev–Trinajstić information content (AvgIpc) is 3.27. The molecule has 160 valence electrons. The van der Waals surface area contributed by atoms with Gasteiger partial charge in [-0.2, -0.15) is 0 Å². The van der Waals surface area contributed by atoms with Crippen LogP contribution < -0.4 is 20.7 Å². The summed E-state index contributed by atoms with van der Waals surface area (Å²) >= 11 is 0. The van der Waals surface area contributed by atoms with Crippen molar-refractivity contribution in [2.24, 2.45) is 4.99 Å². The van der Waals surface area contributed by atoms with E-state index in [9.17, 15) is 4.79 Å². The van der Waals surface area contributed by atoms with Gasteiger partial charge in [0, 0.05) is 13.6 Å². The van der Waals surface area contributed by atoms with Crippen molar-refractivity contribution >= 4 is 46.6 Å². The summed E-state index contributed by atoms with van der Waals surface area (Å²) in [6, 6.07) is 17.9. The normalized spacial score (nSPS) is 10.9. The minimum atomic E-state index is -0.135. The van der Waals surface area contributed by atoms with E-state index in [4.69, 9.17) is 9.15 Å². The summed E-state index contributed by atoms with van der Waals surface area (Å²) in [4.78, 5) is 16.0. The number of hydrogen-bond acceptors (Lipinski definition) is 4. The molecule has 0 bridgehead atoms. The van der Waals surface area contributed by atoms with E-state index in [0.29, 0.717) is 31.4 Å². The van der Waals surface area contributed by atoms with E-state index in [-0.39, 0.29) is 36.4 Å². The number of ether oxygens (including phenoxy) is 1. The van der Waals surface area contributed by atoms with Gasteiger partial charge in [-0.25, -0.2) is 0 Å². The first-order chi connectivity index (χ1) is 14.2. The van der Waals surface area contributed by atoms with Crippen molar-refractivity contribution in [1.29, 1.82) is 0 Å². The number of benzene rings is 2. The standard InChI is InChI=1S/C22H26N4O3.HI/c1-23-22(26-16-21(27)25-15-20-8-4-12-29-20)24-11-5-13-28-19-10-9-17-6-2-3-7-18(17)14-19;/h2-4,6-10,12,14H,5,11,13,15-16H2,1H3,(H,25,27)(H2,23,24,26);1H. The highest BCUT2D eigenvalue weighted by molar-refractivity contribution is 14.0. The Hall–Kier alpha value is -2.75. The molecule has 0 atom stereocenters. The van der Waals surface area contributed by atoms with Crippen LogP contribution in [0.25, 0.3) is 10.8 Å². The fraction of sp³-hybridized carbons (Fsp3) is 0.273. The van der Waals surface area contributed by atoms with Gasteiger partial charge in [0.15, 0.2) is 5.96 Å². The van der Waals surface area contributed by atoms with Crippen molar-refractivity contribution < 1.29 is 13.9 Å². The Bertz CT molecular complexity index is 944. The molecule has 0 unspecified atom stereocenters. The van der Waals surface area contributed by atoms with Crippen LogP contribution in [0.2, 0.25) is 0 Å². The van der Waals surface area contributed by atoms with Crippen LogP contribution >= 0.6 is 24.0 Å². The maximum Gasteiger partial charge on any atom is 0.239 e. The van der Waals surface area contributed by atoms with Crippen molar-refractivity contribution in [3.63, 3.8) is 0 Å². The molecular weight excluding hydrogens is 495 g/mol. The fourth-order valence-corrected chi connectivity index (χ4v) is 2.77. The average molecular weight is 522 g/mol. The largest absolute Gasteiger partial charge is 0.494 e. The van der Waals surface area contributed by atoms with E-state index >= 15 is 0 Å². The van der Waals surface area contributed by atoms with Crippen molar-refractivity contribution in [3.05, 3.63) is 66.6 Å². The SMILES string of the molecule is CN=C(NCCCOc1ccc2ccccc2c1)NCC(=O)NCc1ccco1.I. The number of hydrogen-bond donors (Lipinski definition) is 3. The molecule has 3 aromatic rings. The number of amides is 1. The van der Waals surface area contributed by atoms with Crippen LogP contribution in [0.3, 0.4) is 0 Å². The summed E-state index contributed by atoms with van der Waals surface area (Å²) in [5.74, 6) is 2.01. The number of rotatable bonds is 9. The monoisotopic (exact) mass is 522 g/mol. The molecule has 0 aliphatic heterocycles. The van der Waals surface area contributed by atoms with Crippen LogP contribution in [0.5, 0.6) is 5.75 Å². The van der Waals surface area contributed by atoms with E-state index in [1.54, 1.807) is 19.4 Å². The summed E-state index contributed by atoms with van der Waals surface area (Å²) in [5, 5.41) is 11.3. The number of carbonyl (C=O) groups excluding carboxylic acids is 1. The van der Waals surface area contributed by atoms with Gasteiger partial charge in [-0.05, 0) is 41.5 Å². The Kier molecular flexibility index (Phi) is 9.99. The topological polar surface area (TPSA) is 87.9 Å². The number of guanidine groups is 1. The molecule has 0 spiro atoms. The van der Waals surface area contributed by atoms with Crippen LogP contribution in [0, 0.1) is 0 Å². The molecule has 3 N–H and O–H groups in total. The predicted molar refractivity (Wildman–Crippen MR) is 129 cm³/mol. The highest BCUT2D eigenvalue weighted by Gasteiger charge is 2.04. The molecule has 1 heterocycles. The zero-order valence-corrected chi connectivity index (χ0v) is 19.2. The molecule has 1 amide bonds. The minimum Gasteiger partial charge on any atom is -0.494 e. The molecule has 3 rings (SSSR count). The second-order valence-corrected chi connectivity index (χ2v) is 6.42. The molecule has 0 saturated carbocycles. The zero-order valence-electron chi connectivity index (χ0n) is 16.9. The van der Waals surface area contributed by atoms with Crippen LogP contribution in [-0.4, -0.2) is 38.6 Å². The number of aliphatic imine (C=N–C) groups is 1. The summed E-state index contributed by atoms with van der Waals surface area (Å²) in [7, 11) is 1.67. The third-order valence-electron chi connectivity index (χ3n) is 4.28. The lowest BCUT2D eigenvalue weighted by Crippen LogP contribution is -2.43. The number of nitrogens with one attached hydrogen (secondary N) is 3. The summed E-state index contributed by atoms with van der Waals surface area (Å²) < 4.78 is 11.0. The van der Waals surface area contributed by atoms with Gasteiger partial charge in [-0.3, -0.25) is 9.79 Å². The van der Waals surface area contributed by atoms with Crippen LogP contribution in [0.4, 0.5) is 0 Å². The van der Waals surface area contributed by atoms with Gasteiger partial charge in [-0.15, -0.1) is 24.0 Å². The van der Waals surface area contributed by atoms with E-state index in [2.05, 4.69) is 39.1 Å². The van der Waals surface area contributed by atoms with Crippen molar-refractivity contribution in [2.75, 3.05) is 26.7 Å². The third-order valence-corrected chi connectivity index (χ3v) is 4.28. The van der Waals surface area contributed by atoms with E-state index in [1.165, 1.54) is 5.39 Å². The lowest BCUT2D eigenvalue weighted by Gasteiger charge is -2.12. The summed E-state index contributed by atoms with van der Waals surface area (Å²) in [6.45, 7) is 1.77. The molecule has 0 aliphatic rings. The Labute approximate surface area is 193 Å². The van der Waals surface area contributed by atoms with Gasteiger partial charge in [0.1, 0.15) is 11.5 Å². The molecule has 2 aromatic carbocycles. The van der Waals surface area contributed by atoms with E-state index < -0.39 is 0 Å². The molecule has 0 radical (unpaired) electrons. The maximum atomic E-state index is 11.9. The third kappa shape index (κ3) is 7.58. The van der Waals surface area contributed by atoms with Crippen molar-refractivity contribution in [3.8, 4) is 5.75 Å². The quantitative estimate of drug-likeness (QED) is 0.174. The second kappa shape index (κ2) is 12.7. The first-order valence-electron chi connectivity index (χ1n) is 9.60. The van der Waals surface area contributed by atoms with Crippen LogP contribution in [-0.2, 0) is 11.3 Å². The minimum absolute atomic E-state index is 0.